The van der Waals surface area contributed by atoms with Gasteiger partial charge in [-0.3, -0.25) is 9.48 Å². The fourth-order valence-corrected chi connectivity index (χ4v) is 3.72. The van der Waals surface area contributed by atoms with Crippen LogP contribution >= 0.6 is 0 Å². The summed E-state index contributed by atoms with van der Waals surface area (Å²) in [5.74, 6) is 0.808. The predicted molar refractivity (Wildman–Crippen MR) is 119 cm³/mol. The first-order valence-corrected chi connectivity index (χ1v) is 10.8. The fraction of sp³-hybridized carbons (Fsp3) is 0.522. The zero-order chi connectivity index (χ0) is 22.5. The van der Waals surface area contributed by atoms with Crippen LogP contribution < -0.4 is 15.4 Å². The van der Waals surface area contributed by atoms with Gasteiger partial charge in [0.15, 0.2) is 0 Å². The number of fused-ring (bicyclic) bond motifs is 1. The maximum Gasteiger partial charge on any atom is 0.318 e. The summed E-state index contributed by atoms with van der Waals surface area (Å²) < 4.78 is 7.65. The molecule has 1 aromatic carbocycles. The molecule has 8 heteroatoms. The molecule has 0 fully saturated rings. The Bertz CT molecular complexity index is 951. The minimum absolute atomic E-state index is 0.00628. The summed E-state index contributed by atoms with van der Waals surface area (Å²) in [7, 11) is 1.91. The molecule has 8 nitrogen and oxygen atoms in total. The minimum Gasteiger partial charge on any atom is -0.491 e. The van der Waals surface area contributed by atoms with Crippen LogP contribution in [0.3, 0.4) is 0 Å². The SMILES string of the molecule is Cc1nn(C)c(C)c1CNC(=O)CCc1ccc2c(c1)CN(C(=O)NC(C)C)CCO2. The Morgan fingerprint density at radius 1 is 1.26 bits per heavy atom. The zero-order valence-corrected chi connectivity index (χ0v) is 19.1. The summed E-state index contributed by atoms with van der Waals surface area (Å²) >= 11 is 0. The average molecular weight is 428 g/mol. The molecule has 2 N–H and O–H groups in total. The summed E-state index contributed by atoms with van der Waals surface area (Å²) in [6.45, 7) is 9.84. The highest BCUT2D eigenvalue weighted by Gasteiger charge is 2.20. The van der Waals surface area contributed by atoms with E-state index in [1.807, 2.05) is 57.6 Å². The van der Waals surface area contributed by atoms with Gasteiger partial charge in [-0.2, -0.15) is 5.10 Å². The number of aromatic nitrogens is 2. The van der Waals surface area contributed by atoms with Gasteiger partial charge in [0.1, 0.15) is 12.4 Å². The van der Waals surface area contributed by atoms with Gasteiger partial charge in [0.2, 0.25) is 5.91 Å². The first kappa shape index (κ1) is 22.7. The van der Waals surface area contributed by atoms with Gasteiger partial charge in [0, 0.05) is 42.9 Å². The molecule has 168 valence electrons. The van der Waals surface area contributed by atoms with Crippen molar-refractivity contribution in [3.63, 3.8) is 0 Å². The van der Waals surface area contributed by atoms with Crippen molar-refractivity contribution in [2.75, 3.05) is 13.2 Å². The Kier molecular flexibility index (Phi) is 7.20. The second-order valence-electron chi connectivity index (χ2n) is 8.37. The maximum absolute atomic E-state index is 12.4. The first-order chi connectivity index (χ1) is 14.7. The van der Waals surface area contributed by atoms with Crippen LogP contribution in [-0.2, 0) is 31.4 Å². The largest absolute Gasteiger partial charge is 0.491 e. The lowest BCUT2D eigenvalue weighted by Crippen LogP contribution is -2.43. The van der Waals surface area contributed by atoms with E-state index >= 15 is 0 Å². The van der Waals surface area contributed by atoms with Crippen LogP contribution in [0.2, 0.25) is 0 Å². The molecule has 0 spiro atoms. The number of hydrogen-bond donors (Lipinski definition) is 2. The van der Waals surface area contributed by atoms with Gasteiger partial charge in [-0.15, -0.1) is 0 Å². The molecule has 0 saturated carbocycles. The Morgan fingerprint density at radius 3 is 2.71 bits per heavy atom. The van der Waals surface area contributed by atoms with Crippen LogP contribution in [0.15, 0.2) is 18.2 Å². The van der Waals surface area contributed by atoms with Gasteiger partial charge >= 0.3 is 6.03 Å². The maximum atomic E-state index is 12.4. The van der Waals surface area contributed by atoms with Crippen molar-refractivity contribution in [1.82, 2.24) is 25.3 Å². The Labute approximate surface area is 183 Å². The summed E-state index contributed by atoms with van der Waals surface area (Å²) in [4.78, 5) is 26.6. The van der Waals surface area contributed by atoms with Crippen molar-refractivity contribution in [3.05, 3.63) is 46.3 Å². The topological polar surface area (TPSA) is 88.5 Å². The molecule has 1 aromatic heterocycles. The number of urea groups is 1. The molecule has 2 heterocycles. The summed E-state index contributed by atoms with van der Waals surface area (Å²) in [6, 6.07) is 5.97. The van der Waals surface area contributed by atoms with Crippen LogP contribution in [0.4, 0.5) is 4.79 Å². The zero-order valence-electron chi connectivity index (χ0n) is 19.1. The molecule has 31 heavy (non-hydrogen) atoms. The first-order valence-electron chi connectivity index (χ1n) is 10.8. The lowest BCUT2D eigenvalue weighted by Gasteiger charge is -2.22. The number of rotatable bonds is 6. The normalized spacial score (nSPS) is 13.4. The van der Waals surface area contributed by atoms with Gasteiger partial charge in [0.05, 0.1) is 18.8 Å². The van der Waals surface area contributed by atoms with E-state index in [9.17, 15) is 9.59 Å². The Hall–Kier alpha value is -3.03. The second-order valence-corrected chi connectivity index (χ2v) is 8.37. The van der Waals surface area contributed by atoms with Gasteiger partial charge in [-0.25, -0.2) is 4.79 Å². The third-order valence-electron chi connectivity index (χ3n) is 5.57. The molecule has 1 aliphatic rings. The van der Waals surface area contributed by atoms with E-state index in [4.69, 9.17) is 4.74 Å². The number of ether oxygens (including phenoxy) is 1. The summed E-state index contributed by atoms with van der Waals surface area (Å²) in [6.07, 6.45) is 1.03. The second kappa shape index (κ2) is 9.85. The van der Waals surface area contributed by atoms with Gasteiger partial charge in [-0.1, -0.05) is 12.1 Å². The van der Waals surface area contributed by atoms with Crippen LogP contribution in [0.5, 0.6) is 5.75 Å². The molecule has 3 amide bonds. The van der Waals surface area contributed by atoms with Crippen molar-refractivity contribution in [2.45, 2.75) is 59.7 Å². The molecule has 0 bridgehead atoms. The minimum atomic E-state index is -0.0859. The lowest BCUT2D eigenvalue weighted by molar-refractivity contribution is -0.121. The van der Waals surface area contributed by atoms with E-state index < -0.39 is 0 Å². The fourth-order valence-electron chi connectivity index (χ4n) is 3.72. The molecule has 3 rings (SSSR count). The number of nitrogens with one attached hydrogen (secondary N) is 2. The molecule has 0 saturated heterocycles. The highest BCUT2D eigenvalue weighted by Crippen LogP contribution is 2.25. The van der Waals surface area contributed by atoms with E-state index in [0.29, 0.717) is 39.1 Å². The quantitative estimate of drug-likeness (QED) is 0.742. The molecular weight excluding hydrogens is 394 g/mol. The summed E-state index contributed by atoms with van der Waals surface area (Å²) in [5, 5.41) is 10.3. The Morgan fingerprint density at radius 2 is 2.03 bits per heavy atom. The van der Waals surface area contributed by atoms with Crippen LogP contribution in [0, 0.1) is 13.8 Å². The standard InChI is InChI=1S/C23H33N5O3/c1-15(2)25-23(30)28-10-11-31-21-8-6-18(12-19(21)14-28)7-9-22(29)24-13-20-16(3)26-27(5)17(20)4/h6,8,12,15H,7,9-11,13-14H2,1-5H3,(H,24,29)(H,25,30). The highest BCUT2D eigenvalue weighted by molar-refractivity contribution is 5.76. The molecule has 0 atom stereocenters. The van der Waals surface area contributed by atoms with Crippen molar-refractivity contribution in [3.8, 4) is 5.75 Å². The number of benzene rings is 1. The van der Waals surface area contributed by atoms with E-state index in [1.54, 1.807) is 4.90 Å². The smallest absolute Gasteiger partial charge is 0.318 e. The van der Waals surface area contributed by atoms with Crippen LogP contribution in [-0.4, -0.2) is 45.8 Å². The number of hydrogen-bond acceptors (Lipinski definition) is 4. The number of carbonyl (C=O) groups is 2. The molecule has 0 aliphatic carbocycles. The van der Waals surface area contributed by atoms with Crippen molar-refractivity contribution >= 4 is 11.9 Å². The van der Waals surface area contributed by atoms with Gasteiger partial charge in [0.25, 0.3) is 0 Å². The third kappa shape index (κ3) is 5.77. The van der Waals surface area contributed by atoms with E-state index in [1.165, 1.54) is 0 Å². The molecule has 2 aromatic rings. The number of aryl methyl sites for hydroxylation is 3. The van der Waals surface area contributed by atoms with Gasteiger partial charge < -0.3 is 20.3 Å². The van der Waals surface area contributed by atoms with E-state index in [-0.39, 0.29) is 18.0 Å². The number of carbonyl (C=O) groups excluding carboxylic acids is 2. The van der Waals surface area contributed by atoms with Crippen LogP contribution in [0.1, 0.15) is 48.3 Å². The third-order valence-corrected chi connectivity index (χ3v) is 5.57. The predicted octanol–water partition coefficient (Wildman–Crippen LogP) is 2.60. The Balaban J connectivity index is 1.57. The molecule has 1 aliphatic heterocycles. The molecular formula is C23H33N5O3. The highest BCUT2D eigenvalue weighted by atomic mass is 16.5. The van der Waals surface area contributed by atoms with Crippen LogP contribution in [0.25, 0.3) is 0 Å². The van der Waals surface area contributed by atoms with Crippen molar-refractivity contribution in [1.29, 1.82) is 0 Å². The van der Waals surface area contributed by atoms with Crippen molar-refractivity contribution < 1.29 is 14.3 Å². The number of nitrogens with zero attached hydrogens (tertiary/aromatic N) is 3. The summed E-state index contributed by atoms with van der Waals surface area (Å²) in [5.41, 5.74) is 5.10. The van der Waals surface area contributed by atoms with E-state index in [2.05, 4.69) is 15.7 Å². The van der Waals surface area contributed by atoms with Crippen molar-refractivity contribution in [2.24, 2.45) is 7.05 Å². The molecule has 0 unspecified atom stereocenters. The lowest BCUT2D eigenvalue weighted by atomic mass is 10.0. The van der Waals surface area contributed by atoms with Gasteiger partial charge in [-0.05, 0) is 45.7 Å². The molecule has 0 radical (unpaired) electrons. The number of amides is 3. The average Bonchev–Trinajstić information content (AvgIpc) is 2.87. The monoisotopic (exact) mass is 427 g/mol. The van der Waals surface area contributed by atoms with E-state index in [0.717, 1.165) is 33.8 Å².